The fraction of sp³-hybridized carbons (Fsp3) is 0.857. The zero-order chi connectivity index (χ0) is 15.4. The molecule has 0 heterocycles. The normalized spacial score (nSPS) is 13.6. The van der Waals surface area contributed by atoms with E-state index in [-0.39, 0.29) is 38.0 Å². The topological polar surface area (TPSA) is 93.1 Å². The molecule has 6 nitrogen and oxygen atoms in total. The van der Waals surface area contributed by atoms with Crippen molar-refractivity contribution in [3.8, 4) is 0 Å². The Balaban J connectivity index is 3.41. The smallest absolute Gasteiger partial charge is 0.305 e. The average molecular weight is 290 g/mol. The van der Waals surface area contributed by atoms with Gasteiger partial charge in [-0.15, -0.1) is 0 Å². The summed E-state index contributed by atoms with van der Waals surface area (Å²) in [4.78, 5) is 22.5. The fourth-order valence-corrected chi connectivity index (χ4v) is 1.37. The van der Waals surface area contributed by atoms with Gasteiger partial charge in [0.05, 0.1) is 25.4 Å². The second-order valence-corrected chi connectivity index (χ2v) is 4.92. The van der Waals surface area contributed by atoms with E-state index in [4.69, 9.17) is 19.7 Å². The highest BCUT2D eigenvalue weighted by Crippen LogP contribution is 2.04. The molecule has 0 saturated heterocycles. The minimum atomic E-state index is -0.473. The van der Waals surface area contributed by atoms with Crippen LogP contribution in [0.2, 0.25) is 0 Å². The molecule has 0 aromatic carbocycles. The Hall–Kier alpha value is -1.14. The second kappa shape index (κ2) is 11.7. The molecule has 0 aliphatic heterocycles. The molecule has 0 aliphatic rings. The molecule has 0 saturated carbocycles. The van der Waals surface area contributed by atoms with Crippen molar-refractivity contribution < 1.29 is 29.3 Å². The maximum absolute atomic E-state index is 11.3. The molecule has 118 valence electrons. The molecule has 0 spiro atoms. The van der Waals surface area contributed by atoms with Gasteiger partial charge in [-0.05, 0) is 26.7 Å². The summed E-state index contributed by atoms with van der Waals surface area (Å²) in [6, 6.07) is 0. The van der Waals surface area contributed by atoms with Crippen LogP contribution in [0.4, 0.5) is 0 Å². The van der Waals surface area contributed by atoms with E-state index >= 15 is 0 Å². The van der Waals surface area contributed by atoms with E-state index < -0.39 is 12.2 Å². The van der Waals surface area contributed by atoms with Gasteiger partial charge in [0, 0.05) is 25.7 Å². The largest absolute Gasteiger partial charge is 0.466 e. The van der Waals surface area contributed by atoms with E-state index in [1.165, 1.54) is 0 Å². The Bertz CT molecular complexity index is 247. The highest BCUT2D eigenvalue weighted by Gasteiger charge is 2.07. The van der Waals surface area contributed by atoms with Crippen LogP contribution in [0.5, 0.6) is 0 Å². The zero-order valence-electron chi connectivity index (χ0n) is 12.3. The van der Waals surface area contributed by atoms with E-state index in [0.717, 1.165) is 0 Å². The van der Waals surface area contributed by atoms with Gasteiger partial charge in [-0.3, -0.25) is 9.59 Å². The highest BCUT2D eigenvalue weighted by molar-refractivity contribution is 5.70. The molecule has 0 radical (unpaired) electrons. The average Bonchev–Trinajstić information content (AvgIpc) is 2.33. The lowest BCUT2D eigenvalue weighted by atomic mass is 10.2. The van der Waals surface area contributed by atoms with E-state index in [2.05, 4.69) is 0 Å². The monoisotopic (exact) mass is 290 g/mol. The quantitative estimate of drug-likeness (QED) is 0.438. The zero-order valence-corrected chi connectivity index (χ0v) is 12.3. The predicted molar refractivity (Wildman–Crippen MR) is 73.0 cm³/mol. The first-order valence-corrected chi connectivity index (χ1v) is 7.09. The molecule has 0 bridgehead atoms. The summed E-state index contributed by atoms with van der Waals surface area (Å²) < 4.78 is 9.82. The Morgan fingerprint density at radius 1 is 0.850 bits per heavy atom. The maximum Gasteiger partial charge on any atom is 0.305 e. The van der Waals surface area contributed by atoms with Crippen LogP contribution in [0.3, 0.4) is 0 Å². The number of aliphatic hydroxyl groups excluding tert-OH is 2. The maximum atomic E-state index is 11.3. The Labute approximate surface area is 120 Å². The third kappa shape index (κ3) is 13.3. The molecule has 6 heteroatoms. The Morgan fingerprint density at radius 3 is 1.50 bits per heavy atom. The van der Waals surface area contributed by atoms with Crippen LogP contribution in [0.25, 0.3) is 0 Å². The van der Waals surface area contributed by atoms with Crippen molar-refractivity contribution in [1.82, 2.24) is 0 Å². The van der Waals surface area contributed by atoms with Gasteiger partial charge in [-0.2, -0.15) is 0 Å². The highest BCUT2D eigenvalue weighted by atomic mass is 16.5. The van der Waals surface area contributed by atoms with Crippen molar-refractivity contribution in [3.63, 3.8) is 0 Å². The molecule has 0 amide bonds. The molecule has 2 unspecified atom stereocenters. The fourth-order valence-electron chi connectivity index (χ4n) is 1.37. The summed E-state index contributed by atoms with van der Waals surface area (Å²) in [6.07, 6.45) is 1.58. The van der Waals surface area contributed by atoms with Crippen molar-refractivity contribution in [3.05, 3.63) is 0 Å². The third-order valence-corrected chi connectivity index (χ3v) is 2.61. The molecule has 0 rings (SSSR count). The number of hydrogen-bond donors (Lipinski definition) is 2. The van der Waals surface area contributed by atoms with E-state index in [1.54, 1.807) is 13.8 Å². The first-order chi connectivity index (χ1) is 9.41. The standard InChI is InChI=1S/C14H26O6/c1-11(15)7-9-19-13(17)5-3-4-6-14(18)20-10-8-12(2)16/h11-12,15-16H,3-10H2,1-2H3. The summed E-state index contributed by atoms with van der Waals surface area (Å²) >= 11 is 0. The minimum absolute atomic E-state index is 0.220. The summed E-state index contributed by atoms with van der Waals surface area (Å²) in [5, 5.41) is 18.0. The summed E-state index contributed by atoms with van der Waals surface area (Å²) in [7, 11) is 0. The Kier molecular flexibility index (Phi) is 11.0. The number of ether oxygens (including phenoxy) is 2. The van der Waals surface area contributed by atoms with Crippen LogP contribution >= 0.6 is 0 Å². The summed E-state index contributed by atoms with van der Waals surface area (Å²) in [5.41, 5.74) is 0. The van der Waals surface area contributed by atoms with Crippen LogP contribution < -0.4 is 0 Å². The second-order valence-electron chi connectivity index (χ2n) is 4.92. The van der Waals surface area contributed by atoms with E-state index in [0.29, 0.717) is 25.7 Å². The van der Waals surface area contributed by atoms with Crippen LogP contribution in [0.15, 0.2) is 0 Å². The minimum Gasteiger partial charge on any atom is -0.466 e. The number of rotatable bonds is 11. The van der Waals surface area contributed by atoms with E-state index in [9.17, 15) is 9.59 Å². The number of unbranched alkanes of at least 4 members (excludes halogenated alkanes) is 1. The SMILES string of the molecule is CC(O)CCOC(=O)CCCCC(=O)OCCC(C)O. The van der Waals surface area contributed by atoms with Crippen molar-refractivity contribution in [2.24, 2.45) is 0 Å². The van der Waals surface area contributed by atoms with Gasteiger partial charge in [-0.25, -0.2) is 0 Å². The summed E-state index contributed by atoms with van der Waals surface area (Å²) in [5.74, 6) is -0.624. The number of hydrogen-bond acceptors (Lipinski definition) is 6. The van der Waals surface area contributed by atoms with Gasteiger partial charge in [0.25, 0.3) is 0 Å². The first kappa shape index (κ1) is 18.9. The van der Waals surface area contributed by atoms with Crippen LogP contribution in [-0.4, -0.2) is 47.6 Å². The van der Waals surface area contributed by atoms with Crippen molar-refractivity contribution in [2.45, 2.75) is 64.6 Å². The molecule has 2 atom stereocenters. The van der Waals surface area contributed by atoms with Gasteiger partial charge < -0.3 is 19.7 Å². The van der Waals surface area contributed by atoms with Crippen molar-refractivity contribution >= 4 is 11.9 Å². The number of esters is 2. The van der Waals surface area contributed by atoms with Crippen molar-refractivity contribution in [1.29, 1.82) is 0 Å². The lowest BCUT2D eigenvalue weighted by Gasteiger charge is -2.07. The molecule has 0 fully saturated rings. The number of carbonyl (C=O) groups is 2. The van der Waals surface area contributed by atoms with Crippen LogP contribution in [0, 0.1) is 0 Å². The van der Waals surface area contributed by atoms with Crippen LogP contribution in [0.1, 0.15) is 52.4 Å². The first-order valence-electron chi connectivity index (χ1n) is 7.09. The van der Waals surface area contributed by atoms with Crippen LogP contribution in [-0.2, 0) is 19.1 Å². The number of aliphatic hydroxyl groups is 2. The molecular formula is C14H26O6. The molecule has 0 aromatic heterocycles. The predicted octanol–water partition coefficient (Wildman–Crippen LogP) is 1.17. The third-order valence-electron chi connectivity index (χ3n) is 2.61. The lowest BCUT2D eigenvalue weighted by Crippen LogP contribution is -2.12. The van der Waals surface area contributed by atoms with Gasteiger partial charge >= 0.3 is 11.9 Å². The molecule has 0 aliphatic carbocycles. The van der Waals surface area contributed by atoms with Gasteiger partial charge in [0.2, 0.25) is 0 Å². The van der Waals surface area contributed by atoms with Gasteiger partial charge in [0.15, 0.2) is 0 Å². The van der Waals surface area contributed by atoms with Gasteiger partial charge in [0.1, 0.15) is 0 Å². The summed E-state index contributed by atoms with van der Waals surface area (Å²) in [6.45, 7) is 3.71. The van der Waals surface area contributed by atoms with E-state index in [1.807, 2.05) is 0 Å². The molecule has 20 heavy (non-hydrogen) atoms. The molecule has 2 N–H and O–H groups in total. The van der Waals surface area contributed by atoms with Crippen molar-refractivity contribution in [2.75, 3.05) is 13.2 Å². The molecule has 0 aromatic rings. The Morgan fingerprint density at radius 2 is 1.20 bits per heavy atom. The molecular weight excluding hydrogens is 264 g/mol. The number of carbonyl (C=O) groups excluding carboxylic acids is 2. The lowest BCUT2D eigenvalue weighted by molar-refractivity contribution is -0.146. The van der Waals surface area contributed by atoms with Gasteiger partial charge in [-0.1, -0.05) is 0 Å².